The Morgan fingerprint density at radius 3 is 2.95 bits per heavy atom. The van der Waals surface area contributed by atoms with Crippen molar-refractivity contribution in [1.29, 1.82) is 0 Å². The Morgan fingerprint density at radius 2 is 2.19 bits per heavy atom. The highest BCUT2D eigenvalue weighted by atomic mass is 79.9. The van der Waals surface area contributed by atoms with Gasteiger partial charge in [-0.1, -0.05) is 22.0 Å². The molecule has 0 amide bonds. The second-order valence-electron chi connectivity index (χ2n) is 4.84. The molecule has 0 radical (unpaired) electrons. The van der Waals surface area contributed by atoms with Gasteiger partial charge in [0.2, 0.25) is 0 Å². The van der Waals surface area contributed by atoms with Gasteiger partial charge in [0, 0.05) is 15.0 Å². The average molecular weight is 364 g/mol. The van der Waals surface area contributed by atoms with Gasteiger partial charge in [-0.25, -0.2) is 4.98 Å². The average Bonchev–Trinajstić information content (AvgIpc) is 2.72. The van der Waals surface area contributed by atoms with Gasteiger partial charge in [-0.2, -0.15) is 0 Å². The highest BCUT2D eigenvalue weighted by Crippen LogP contribution is 2.25. The third-order valence-electron chi connectivity index (χ3n) is 3.37. The normalized spacial score (nSPS) is 11.0. The molecule has 4 nitrogen and oxygen atoms in total. The number of aromatic nitrogens is 2. The Labute approximate surface area is 134 Å². The maximum absolute atomic E-state index is 12.2. The van der Waals surface area contributed by atoms with E-state index in [-0.39, 0.29) is 5.56 Å². The Balaban J connectivity index is 1.90. The molecule has 0 aliphatic carbocycles. The molecular formula is C15H14BrN3OS. The number of hydrogen-bond acceptors (Lipinski definition) is 4. The van der Waals surface area contributed by atoms with Crippen LogP contribution < -0.4 is 10.9 Å². The molecule has 108 valence electrons. The number of fused-ring (bicyclic) bond motifs is 1. The minimum atomic E-state index is -0.0621. The van der Waals surface area contributed by atoms with Crippen LogP contribution in [0.5, 0.6) is 0 Å². The number of benzene rings is 1. The van der Waals surface area contributed by atoms with Crippen LogP contribution >= 0.6 is 27.3 Å². The number of thiophene rings is 1. The second-order valence-corrected chi connectivity index (χ2v) is 6.96. The fourth-order valence-electron chi connectivity index (χ4n) is 2.17. The molecule has 0 aliphatic heterocycles. The van der Waals surface area contributed by atoms with Crippen LogP contribution in [0, 0.1) is 13.8 Å². The summed E-state index contributed by atoms with van der Waals surface area (Å²) < 4.78 is 1.01. The molecule has 2 N–H and O–H groups in total. The number of hydrogen-bond donors (Lipinski definition) is 2. The second kappa shape index (κ2) is 5.61. The van der Waals surface area contributed by atoms with Crippen molar-refractivity contribution in [2.75, 3.05) is 5.32 Å². The monoisotopic (exact) mass is 363 g/mol. The lowest BCUT2D eigenvalue weighted by Gasteiger charge is -2.06. The van der Waals surface area contributed by atoms with Crippen LogP contribution in [0.4, 0.5) is 5.69 Å². The minimum Gasteiger partial charge on any atom is -0.378 e. The SMILES string of the molecule is Cc1sc2nc(CNc3cccc(Br)c3)[nH]c(=O)c2c1C. The van der Waals surface area contributed by atoms with Gasteiger partial charge in [-0.15, -0.1) is 11.3 Å². The largest absolute Gasteiger partial charge is 0.378 e. The smallest absolute Gasteiger partial charge is 0.259 e. The lowest BCUT2D eigenvalue weighted by Crippen LogP contribution is -2.14. The molecule has 3 aromatic rings. The van der Waals surface area contributed by atoms with Crippen LogP contribution in [0.25, 0.3) is 10.2 Å². The molecule has 0 spiro atoms. The molecule has 2 heterocycles. The quantitative estimate of drug-likeness (QED) is 0.739. The molecule has 0 saturated heterocycles. The molecule has 0 aliphatic rings. The Hall–Kier alpha value is -1.66. The first-order chi connectivity index (χ1) is 10.0. The summed E-state index contributed by atoms with van der Waals surface area (Å²) in [6.45, 7) is 4.46. The molecule has 0 saturated carbocycles. The van der Waals surface area contributed by atoms with E-state index in [1.165, 1.54) is 0 Å². The topological polar surface area (TPSA) is 57.8 Å². The molecule has 6 heteroatoms. The van der Waals surface area contributed by atoms with Crippen molar-refractivity contribution in [2.24, 2.45) is 0 Å². The van der Waals surface area contributed by atoms with E-state index in [1.807, 2.05) is 38.1 Å². The third-order valence-corrected chi connectivity index (χ3v) is 4.97. The van der Waals surface area contributed by atoms with E-state index in [9.17, 15) is 4.79 Å². The number of rotatable bonds is 3. The van der Waals surface area contributed by atoms with Crippen LogP contribution in [-0.2, 0) is 6.54 Å². The van der Waals surface area contributed by atoms with Crippen molar-refractivity contribution in [3.63, 3.8) is 0 Å². The molecular weight excluding hydrogens is 350 g/mol. The van der Waals surface area contributed by atoms with E-state index >= 15 is 0 Å². The van der Waals surface area contributed by atoms with E-state index in [4.69, 9.17) is 0 Å². The number of nitrogens with one attached hydrogen (secondary N) is 2. The van der Waals surface area contributed by atoms with Gasteiger partial charge in [0.05, 0.1) is 11.9 Å². The van der Waals surface area contributed by atoms with Crippen molar-refractivity contribution < 1.29 is 0 Å². The van der Waals surface area contributed by atoms with E-state index in [2.05, 4.69) is 31.2 Å². The highest BCUT2D eigenvalue weighted by molar-refractivity contribution is 9.10. The molecule has 3 rings (SSSR count). The van der Waals surface area contributed by atoms with Gasteiger partial charge >= 0.3 is 0 Å². The van der Waals surface area contributed by atoms with E-state index < -0.39 is 0 Å². The van der Waals surface area contributed by atoms with Gasteiger partial charge in [0.1, 0.15) is 10.7 Å². The van der Waals surface area contributed by atoms with Gasteiger partial charge in [-0.05, 0) is 37.6 Å². The lowest BCUT2D eigenvalue weighted by molar-refractivity contribution is 0.956. The van der Waals surface area contributed by atoms with Gasteiger partial charge < -0.3 is 10.3 Å². The Bertz CT molecular complexity index is 869. The standard InChI is InChI=1S/C15H14BrN3OS/c1-8-9(2)21-15-13(8)14(20)18-12(19-15)7-17-11-5-3-4-10(16)6-11/h3-6,17H,7H2,1-2H3,(H,18,19,20). The summed E-state index contributed by atoms with van der Waals surface area (Å²) in [7, 11) is 0. The summed E-state index contributed by atoms with van der Waals surface area (Å²) in [6.07, 6.45) is 0. The van der Waals surface area contributed by atoms with E-state index in [1.54, 1.807) is 11.3 Å². The Morgan fingerprint density at radius 1 is 1.38 bits per heavy atom. The molecule has 0 unspecified atom stereocenters. The first-order valence-electron chi connectivity index (χ1n) is 6.53. The summed E-state index contributed by atoms with van der Waals surface area (Å²) in [6, 6.07) is 7.88. The fraction of sp³-hybridized carbons (Fsp3) is 0.200. The number of aryl methyl sites for hydroxylation is 2. The molecule has 21 heavy (non-hydrogen) atoms. The van der Waals surface area contributed by atoms with Gasteiger partial charge in [0.25, 0.3) is 5.56 Å². The van der Waals surface area contributed by atoms with E-state index in [0.29, 0.717) is 17.8 Å². The zero-order chi connectivity index (χ0) is 15.0. The van der Waals surface area contributed by atoms with Crippen LogP contribution in [0.15, 0.2) is 33.5 Å². The van der Waals surface area contributed by atoms with Gasteiger partial charge in [-0.3, -0.25) is 4.79 Å². The minimum absolute atomic E-state index is 0.0621. The first-order valence-corrected chi connectivity index (χ1v) is 8.14. The maximum Gasteiger partial charge on any atom is 0.259 e. The zero-order valence-corrected chi connectivity index (χ0v) is 14.1. The van der Waals surface area contributed by atoms with Gasteiger partial charge in [0.15, 0.2) is 0 Å². The van der Waals surface area contributed by atoms with Crippen LogP contribution in [0.2, 0.25) is 0 Å². The summed E-state index contributed by atoms with van der Waals surface area (Å²) in [5.74, 6) is 0.647. The van der Waals surface area contributed by atoms with Crippen molar-refractivity contribution in [2.45, 2.75) is 20.4 Å². The molecule has 1 aromatic carbocycles. The number of halogens is 1. The summed E-state index contributed by atoms with van der Waals surface area (Å²) >= 11 is 5.00. The van der Waals surface area contributed by atoms with Crippen molar-refractivity contribution in [3.05, 3.63) is 55.4 Å². The third kappa shape index (κ3) is 2.87. The predicted octanol–water partition coefficient (Wildman–Crippen LogP) is 3.98. The fourth-order valence-corrected chi connectivity index (χ4v) is 3.62. The van der Waals surface area contributed by atoms with Crippen molar-refractivity contribution >= 4 is 43.2 Å². The number of H-pyrrole nitrogens is 1. The number of nitrogens with zero attached hydrogens (tertiary/aromatic N) is 1. The molecule has 2 aromatic heterocycles. The van der Waals surface area contributed by atoms with E-state index in [0.717, 1.165) is 25.4 Å². The Kier molecular flexibility index (Phi) is 3.82. The van der Waals surface area contributed by atoms with Crippen LogP contribution in [0.3, 0.4) is 0 Å². The van der Waals surface area contributed by atoms with Crippen molar-refractivity contribution in [3.8, 4) is 0 Å². The molecule has 0 atom stereocenters. The highest BCUT2D eigenvalue weighted by Gasteiger charge is 2.11. The van der Waals surface area contributed by atoms with Crippen LogP contribution in [0.1, 0.15) is 16.3 Å². The number of anilines is 1. The van der Waals surface area contributed by atoms with Crippen LogP contribution in [-0.4, -0.2) is 9.97 Å². The van der Waals surface area contributed by atoms with Crippen molar-refractivity contribution in [1.82, 2.24) is 9.97 Å². The lowest BCUT2D eigenvalue weighted by atomic mass is 10.2. The summed E-state index contributed by atoms with van der Waals surface area (Å²) in [5.41, 5.74) is 1.94. The predicted molar refractivity (Wildman–Crippen MR) is 91.2 cm³/mol. The zero-order valence-electron chi connectivity index (χ0n) is 11.7. The summed E-state index contributed by atoms with van der Waals surface area (Å²) in [4.78, 5) is 21.5. The summed E-state index contributed by atoms with van der Waals surface area (Å²) in [5, 5.41) is 3.97. The molecule has 0 bridgehead atoms. The number of aromatic amines is 1. The first kappa shape index (κ1) is 14.3. The maximum atomic E-state index is 12.2. The molecule has 0 fully saturated rings.